The molecule has 4 heteroatoms. The zero-order valence-corrected chi connectivity index (χ0v) is 13.4. The van der Waals surface area contributed by atoms with Crippen molar-refractivity contribution >= 4 is 5.96 Å². The maximum absolute atomic E-state index is 5.56. The number of rotatable bonds is 5. The third kappa shape index (κ3) is 4.74. The fourth-order valence-corrected chi connectivity index (χ4v) is 2.60. The average Bonchev–Trinajstić information content (AvgIpc) is 2.50. The second-order valence-corrected chi connectivity index (χ2v) is 5.69. The van der Waals surface area contributed by atoms with E-state index >= 15 is 0 Å². The van der Waals surface area contributed by atoms with Crippen molar-refractivity contribution in [2.24, 2.45) is 4.99 Å². The van der Waals surface area contributed by atoms with Gasteiger partial charge in [0.25, 0.3) is 0 Å². The standard InChI is InChI=1S/C17H27N3O/c1-14(2)21-12-6-10-19-17(18-3)20-11-9-15-7-4-5-8-16(15)13-20/h4-5,7-8,14H,6,9-13H2,1-3H3,(H,18,19). The summed E-state index contributed by atoms with van der Waals surface area (Å²) >= 11 is 0. The molecule has 1 aromatic carbocycles. The highest BCUT2D eigenvalue weighted by molar-refractivity contribution is 5.80. The van der Waals surface area contributed by atoms with Crippen molar-refractivity contribution in [3.8, 4) is 0 Å². The topological polar surface area (TPSA) is 36.9 Å². The van der Waals surface area contributed by atoms with Gasteiger partial charge >= 0.3 is 0 Å². The molecule has 0 saturated heterocycles. The number of ether oxygens (including phenoxy) is 1. The molecule has 0 radical (unpaired) electrons. The summed E-state index contributed by atoms with van der Waals surface area (Å²) < 4.78 is 5.56. The summed E-state index contributed by atoms with van der Waals surface area (Å²) in [7, 11) is 1.85. The van der Waals surface area contributed by atoms with Crippen LogP contribution in [0.3, 0.4) is 0 Å². The molecule has 0 fully saturated rings. The van der Waals surface area contributed by atoms with Crippen LogP contribution in [0.4, 0.5) is 0 Å². The smallest absolute Gasteiger partial charge is 0.193 e. The quantitative estimate of drug-likeness (QED) is 0.514. The molecule has 116 valence electrons. The Balaban J connectivity index is 1.80. The van der Waals surface area contributed by atoms with E-state index in [1.54, 1.807) is 0 Å². The van der Waals surface area contributed by atoms with Crippen molar-refractivity contribution in [2.75, 3.05) is 26.7 Å². The van der Waals surface area contributed by atoms with E-state index in [-0.39, 0.29) is 0 Å². The molecule has 0 unspecified atom stereocenters. The molecule has 0 spiro atoms. The second-order valence-electron chi connectivity index (χ2n) is 5.69. The second kappa shape index (κ2) is 8.03. The number of hydrogen-bond acceptors (Lipinski definition) is 2. The van der Waals surface area contributed by atoms with Crippen molar-refractivity contribution < 1.29 is 4.74 Å². The van der Waals surface area contributed by atoms with Gasteiger partial charge in [0, 0.05) is 33.3 Å². The number of hydrogen-bond donors (Lipinski definition) is 1. The molecule has 0 atom stereocenters. The molecular formula is C17H27N3O. The van der Waals surface area contributed by atoms with Crippen LogP contribution >= 0.6 is 0 Å². The highest BCUT2D eigenvalue weighted by atomic mass is 16.5. The SMILES string of the molecule is CN=C(NCCCOC(C)C)N1CCc2ccccc2C1. The van der Waals surface area contributed by atoms with Gasteiger partial charge in [-0.1, -0.05) is 24.3 Å². The molecule has 1 N–H and O–H groups in total. The normalized spacial score (nSPS) is 15.2. The summed E-state index contributed by atoms with van der Waals surface area (Å²) in [6.07, 6.45) is 2.40. The van der Waals surface area contributed by atoms with Crippen molar-refractivity contribution in [1.29, 1.82) is 0 Å². The minimum atomic E-state index is 0.308. The number of guanidine groups is 1. The number of aliphatic imine (C=N–C) groups is 1. The van der Waals surface area contributed by atoms with Crippen molar-refractivity contribution in [3.05, 3.63) is 35.4 Å². The van der Waals surface area contributed by atoms with E-state index in [1.165, 1.54) is 11.1 Å². The van der Waals surface area contributed by atoms with E-state index in [0.29, 0.717) is 6.10 Å². The molecule has 1 heterocycles. The summed E-state index contributed by atoms with van der Waals surface area (Å²) in [5, 5.41) is 3.44. The van der Waals surface area contributed by atoms with Crippen LogP contribution in [-0.4, -0.2) is 43.7 Å². The summed E-state index contributed by atoms with van der Waals surface area (Å²) in [6, 6.07) is 8.68. The molecule has 21 heavy (non-hydrogen) atoms. The molecule has 0 amide bonds. The molecule has 1 aliphatic heterocycles. The molecule has 0 saturated carbocycles. The van der Waals surface area contributed by atoms with Crippen molar-refractivity contribution in [2.45, 2.75) is 39.3 Å². The fraction of sp³-hybridized carbons (Fsp3) is 0.588. The number of nitrogens with one attached hydrogen (secondary N) is 1. The summed E-state index contributed by atoms with van der Waals surface area (Å²) in [6.45, 7) is 7.80. The van der Waals surface area contributed by atoms with Crippen LogP contribution in [0.1, 0.15) is 31.4 Å². The minimum absolute atomic E-state index is 0.308. The molecule has 4 nitrogen and oxygen atoms in total. The molecule has 2 rings (SSSR count). The van der Waals surface area contributed by atoms with Crippen LogP contribution in [-0.2, 0) is 17.7 Å². The van der Waals surface area contributed by atoms with Gasteiger partial charge in [-0.2, -0.15) is 0 Å². The maximum Gasteiger partial charge on any atom is 0.193 e. The van der Waals surface area contributed by atoms with Crippen LogP contribution in [0, 0.1) is 0 Å². The average molecular weight is 289 g/mol. The Hall–Kier alpha value is -1.55. The van der Waals surface area contributed by atoms with Crippen LogP contribution in [0.5, 0.6) is 0 Å². The lowest BCUT2D eigenvalue weighted by Crippen LogP contribution is -2.44. The van der Waals surface area contributed by atoms with E-state index in [0.717, 1.165) is 45.0 Å². The van der Waals surface area contributed by atoms with Crippen LogP contribution < -0.4 is 5.32 Å². The van der Waals surface area contributed by atoms with Gasteiger partial charge in [-0.25, -0.2) is 0 Å². The van der Waals surface area contributed by atoms with Crippen LogP contribution in [0.2, 0.25) is 0 Å². The van der Waals surface area contributed by atoms with E-state index in [4.69, 9.17) is 4.74 Å². The Morgan fingerprint density at radius 1 is 1.33 bits per heavy atom. The Bertz CT molecular complexity index is 471. The molecular weight excluding hydrogens is 262 g/mol. The molecule has 0 aliphatic carbocycles. The predicted molar refractivity (Wildman–Crippen MR) is 87.6 cm³/mol. The minimum Gasteiger partial charge on any atom is -0.379 e. The Labute approximate surface area is 128 Å². The van der Waals surface area contributed by atoms with Gasteiger partial charge in [-0.3, -0.25) is 4.99 Å². The first-order valence-corrected chi connectivity index (χ1v) is 7.84. The van der Waals surface area contributed by atoms with Crippen LogP contribution in [0.25, 0.3) is 0 Å². The number of nitrogens with zero attached hydrogens (tertiary/aromatic N) is 2. The van der Waals surface area contributed by atoms with Gasteiger partial charge in [0.15, 0.2) is 5.96 Å². The van der Waals surface area contributed by atoms with Crippen molar-refractivity contribution in [1.82, 2.24) is 10.2 Å². The molecule has 0 bridgehead atoms. The highest BCUT2D eigenvalue weighted by Gasteiger charge is 2.18. The zero-order chi connectivity index (χ0) is 15.1. The van der Waals surface area contributed by atoms with Gasteiger partial charge in [-0.05, 0) is 37.8 Å². The van der Waals surface area contributed by atoms with E-state index < -0.39 is 0 Å². The lowest BCUT2D eigenvalue weighted by Gasteiger charge is -2.31. The zero-order valence-electron chi connectivity index (χ0n) is 13.4. The Kier molecular flexibility index (Phi) is 6.05. The molecule has 0 aromatic heterocycles. The summed E-state index contributed by atoms with van der Waals surface area (Å²) in [5.41, 5.74) is 2.88. The molecule has 1 aliphatic rings. The predicted octanol–water partition coefficient (Wildman–Crippen LogP) is 2.44. The number of fused-ring (bicyclic) bond motifs is 1. The van der Waals surface area contributed by atoms with Gasteiger partial charge in [-0.15, -0.1) is 0 Å². The van der Waals surface area contributed by atoms with E-state index in [1.807, 2.05) is 7.05 Å². The fourth-order valence-electron chi connectivity index (χ4n) is 2.60. The summed E-state index contributed by atoms with van der Waals surface area (Å²) in [5.74, 6) is 0.994. The van der Waals surface area contributed by atoms with E-state index in [2.05, 4.69) is 53.3 Å². The Morgan fingerprint density at radius 3 is 2.81 bits per heavy atom. The largest absolute Gasteiger partial charge is 0.379 e. The molecule has 1 aromatic rings. The first-order valence-electron chi connectivity index (χ1n) is 7.84. The van der Waals surface area contributed by atoms with Gasteiger partial charge in [0.05, 0.1) is 6.10 Å². The number of benzene rings is 1. The maximum atomic E-state index is 5.56. The first kappa shape index (κ1) is 15.8. The van der Waals surface area contributed by atoms with Crippen LogP contribution in [0.15, 0.2) is 29.3 Å². The highest BCUT2D eigenvalue weighted by Crippen LogP contribution is 2.18. The lowest BCUT2D eigenvalue weighted by atomic mass is 10.0. The monoisotopic (exact) mass is 289 g/mol. The van der Waals surface area contributed by atoms with Gasteiger partial charge < -0.3 is 15.0 Å². The van der Waals surface area contributed by atoms with Gasteiger partial charge in [0.2, 0.25) is 0 Å². The van der Waals surface area contributed by atoms with E-state index in [9.17, 15) is 0 Å². The first-order chi connectivity index (χ1) is 10.2. The third-order valence-electron chi connectivity index (χ3n) is 3.70. The van der Waals surface area contributed by atoms with Crippen molar-refractivity contribution in [3.63, 3.8) is 0 Å². The third-order valence-corrected chi connectivity index (χ3v) is 3.70. The lowest BCUT2D eigenvalue weighted by molar-refractivity contribution is 0.0775. The van der Waals surface area contributed by atoms with Gasteiger partial charge in [0.1, 0.15) is 0 Å². The Morgan fingerprint density at radius 2 is 2.10 bits per heavy atom. The summed E-state index contributed by atoms with van der Waals surface area (Å²) in [4.78, 5) is 6.73.